The Labute approximate surface area is 170 Å². The van der Waals surface area contributed by atoms with Crippen molar-refractivity contribution in [3.63, 3.8) is 0 Å². The van der Waals surface area contributed by atoms with Crippen LogP contribution in [0.25, 0.3) is 17.3 Å². The molecule has 148 valence electrons. The van der Waals surface area contributed by atoms with Crippen molar-refractivity contribution in [2.45, 2.75) is 13.0 Å². The van der Waals surface area contributed by atoms with E-state index in [0.717, 1.165) is 5.56 Å². The van der Waals surface area contributed by atoms with Crippen LogP contribution in [0.3, 0.4) is 0 Å². The molecule has 0 fully saturated rings. The van der Waals surface area contributed by atoms with Crippen molar-refractivity contribution in [1.82, 2.24) is 15.3 Å². The lowest BCUT2D eigenvalue weighted by atomic mass is 10.2. The first kappa shape index (κ1) is 20.0. The molecule has 1 unspecified atom stereocenters. The number of hydrogen-bond acceptors (Lipinski definition) is 5. The van der Waals surface area contributed by atoms with Gasteiger partial charge in [-0.05, 0) is 24.6 Å². The van der Waals surface area contributed by atoms with Gasteiger partial charge in [-0.2, -0.15) is 0 Å². The topological polar surface area (TPSA) is 130 Å². The Bertz CT molecular complexity index is 1060. The van der Waals surface area contributed by atoms with Crippen LogP contribution in [0.15, 0.2) is 54.1 Å². The Hall–Kier alpha value is -3.72. The van der Waals surface area contributed by atoms with E-state index in [1.54, 1.807) is 30.6 Å². The van der Waals surface area contributed by atoms with Crippen molar-refractivity contribution in [3.05, 3.63) is 65.3 Å². The van der Waals surface area contributed by atoms with Crippen molar-refractivity contribution in [2.24, 2.45) is 5.73 Å². The highest BCUT2D eigenvalue weighted by molar-refractivity contribution is 7.14. The molecule has 2 aromatic heterocycles. The number of anilines is 1. The van der Waals surface area contributed by atoms with Gasteiger partial charge in [0.2, 0.25) is 11.8 Å². The molecule has 5 N–H and O–H groups in total. The summed E-state index contributed by atoms with van der Waals surface area (Å²) >= 11 is 1.23. The maximum Gasteiger partial charge on any atom is 0.265 e. The molecule has 0 aliphatic heterocycles. The number of primary amides is 1. The van der Waals surface area contributed by atoms with Gasteiger partial charge in [-0.25, -0.2) is 4.98 Å². The zero-order valence-corrected chi connectivity index (χ0v) is 16.3. The molecule has 9 heteroatoms. The third-order valence-electron chi connectivity index (χ3n) is 3.96. The number of H-pyrrole nitrogens is 1. The second-order valence-corrected chi connectivity index (χ2v) is 7.03. The molecule has 3 amide bonds. The number of aromatic amines is 1. The van der Waals surface area contributed by atoms with Gasteiger partial charge in [0, 0.05) is 23.2 Å². The lowest BCUT2D eigenvalue weighted by molar-refractivity contribution is -0.123. The van der Waals surface area contributed by atoms with Crippen molar-refractivity contribution in [2.75, 3.05) is 5.32 Å². The third-order valence-corrected chi connectivity index (χ3v) is 4.72. The molecule has 29 heavy (non-hydrogen) atoms. The Morgan fingerprint density at radius 1 is 1.24 bits per heavy atom. The summed E-state index contributed by atoms with van der Waals surface area (Å²) < 4.78 is 0. The molecule has 0 radical (unpaired) electrons. The Kier molecular flexibility index (Phi) is 6.20. The van der Waals surface area contributed by atoms with Gasteiger partial charge in [-0.1, -0.05) is 30.3 Å². The number of nitrogens with one attached hydrogen (secondary N) is 3. The van der Waals surface area contributed by atoms with Gasteiger partial charge in [0.1, 0.15) is 11.7 Å². The Morgan fingerprint density at radius 3 is 2.69 bits per heavy atom. The van der Waals surface area contributed by atoms with Gasteiger partial charge in [0.05, 0.1) is 5.69 Å². The maximum absolute atomic E-state index is 12.3. The molecule has 0 saturated carbocycles. The van der Waals surface area contributed by atoms with Gasteiger partial charge in [0.15, 0.2) is 5.13 Å². The molecule has 0 aliphatic rings. The van der Waals surface area contributed by atoms with Gasteiger partial charge < -0.3 is 21.4 Å². The van der Waals surface area contributed by atoms with Gasteiger partial charge in [0.25, 0.3) is 5.91 Å². The van der Waals surface area contributed by atoms with E-state index in [-0.39, 0.29) is 17.5 Å². The zero-order chi connectivity index (χ0) is 20.8. The van der Waals surface area contributed by atoms with Crippen LogP contribution in [0.4, 0.5) is 5.13 Å². The number of carbonyl (C=O) groups is 3. The summed E-state index contributed by atoms with van der Waals surface area (Å²) in [6.07, 6.45) is 4.66. The van der Waals surface area contributed by atoms with Crippen LogP contribution in [-0.2, 0) is 9.59 Å². The van der Waals surface area contributed by atoms with Gasteiger partial charge in [-0.15, -0.1) is 11.3 Å². The minimum atomic E-state index is -0.746. The fourth-order valence-electron chi connectivity index (χ4n) is 2.42. The van der Waals surface area contributed by atoms with Crippen LogP contribution in [0.2, 0.25) is 0 Å². The first-order valence-electron chi connectivity index (χ1n) is 8.71. The molecule has 0 bridgehead atoms. The van der Waals surface area contributed by atoms with E-state index in [2.05, 4.69) is 20.6 Å². The van der Waals surface area contributed by atoms with Crippen LogP contribution in [0.1, 0.15) is 23.0 Å². The highest BCUT2D eigenvalue weighted by atomic mass is 32.1. The van der Waals surface area contributed by atoms with Crippen molar-refractivity contribution in [3.8, 4) is 11.3 Å². The van der Waals surface area contributed by atoms with Crippen molar-refractivity contribution in [1.29, 1.82) is 0 Å². The normalized spacial score (nSPS) is 11.9. The molecular formula is C20H19N5O3S. The summed E-state index contributed by atoms with van der Waals surface area (Å²) in [4.78, 5) is 42.6. The predicted molar refractivity (Wildman–Crippen MR) is 112 cm³/mol. The number of hydrogen-bond donors (Lipinski definition) is 4. The highest BCUT2D eigenvalue weighted by Crippen LogP contribution is 2.25. The fourth-order valence-corrected chi connectivity index (χ4v) is 3.15. The first-order chi connectivity index (χ1) is 13.9. The molecule has 0 saturated heterocycles. The molecule has 2 heterocycles. The second kappa shape index (κ2) is 8.98. The number of rotatable bonds is 7. The SMILES string of the molecule is CC(NC(=O)C=Cc1ccccc1)C(=O)Nc1nc(-c2c[nH]c(C(N)=O)c2)cs1. The monoisotopic (exact) mass is 409 g/mol. The molecular weight excluding hydrogens is 390 g/mol. The Morgan fingerprint density at radius 2 is 2.00 bits per heavy atom. The van der Waals surface area contributed by atoms with E-state index in [4.69, 9.17) is 5.73 Å². The molecule has 1 aromatic carbocycles. The molecule has 0 spiro atoms. The molecule has 3 rings (SSSR count). The summed E-state index contributed by atoms with van der Waals surface area (Å²) in [6, 6.07) is 10.2. The molecule has 3 aromatic rings. The summed E-state index contributed by atoms with van der Waals surface area (Å²) in [6.45, 7) is 1.59. The lowest BCUT2D eigenvalue weighted by Gasteiger charge is -2.11. The fraction of sp³-hybridized carbons (Fsp3) is 0.100. The van der Waals surface area contributed by atoms with Crippen molar-refractivity contribution < 1.29 is 14.4 Å². The standard InChI is InChI=1S/C20H19N5O3S/c1-12(23-17(26)8-7-13-5-3-2-4-6-13)19(28)25-20-24-16(11-29-20)14-9-15(18(21)27)22-10-14/h2-12,22H,1H3,(H2,21,27)(H,23,26)(H,24,25,28). The number of carbonyl (C=O) groups excluding carboxylic acids is 3. The van der Waals surface area contributed by atoms with Crippen LogP contribution in [-0.4, -0.2) is 33.7 Å². The van der Waals surface area contributed by atoms with E-state index in [0.29, 0.717) is 16.4 Å². The molecule has 1 atom stereocenters. The Balaban J connectivity index is 1.55. The van der Waals surface area contributed by atoms with E-state index in [1.165, 1.54) is 17.4 Å². The summed E-state index contributed by atoms with van der Waals surface area (Å²) in [5, 5.41) is 7.40. The smallest absolute Gasteiger partial charge is 0.265 e. The number of aromatic nitrogens is 2. The van der Waals surface area contributed by atoms with Crippen LogP contribution in [0.5, 0.6) is 0 Å². The van der Waals surface area contributed by atoms with E-state index in [9.17, 15) is 14.4 Å². The first-order valence-corrected chi connectivity index (χ1v) is 9.59. The number of benzene rings is 1. The maximum atomic E-state index is 12.3. The summed E-state index contributed by atoms with van der Waals surface area (Å²) in [5.74, 6) is -1.33. The van der Waals surface area contributed by atoms with Gasteiger partial charge in [-0.3, -0.25) is 14.4 Å². The zero-order valence-electron chi connectivity index (χ0n) is 15.5. The molecule has 0 aliphatic carbocycles. The molecule has 8 nitrogen and oxygen atoms in total. The minimum Gasteiger partial charge on any atom is -0.364 e. The summed E-state index contributed by atoms with van der Waals surface area (Å²) in [5.41, 5.74) is 7.66. The second-order valence-electron chi connectivity index (χ2n) is 6.17. The lowest BCUT2D eigenvalue weighted by Crippen LogP contribution is -2.40. The highest BCUT2D eigenvalue weighted by Gasteiger charge is 2.17. The number of amides is 3. The predicted octanol–water partition coefficient (Wildman–Crippen LogP) is 2.39. The average molecular weight is 409 g/mol. The minimum absolute atomic E-state index is 0.276. The largest absolute Gasteiger partial charge is 0.364 e. The average Bonchev–Trinajstić information content (AvgIpc) is 3.36. The van der Waals surface area contributed by atoms with Crippen molar-refractivity contribution >= 4 is 40.3 Å². The third kappa shape index (κ3) is 5.39. The van der Waals surface area contributed by atoms with E-state index >= 15 is 0 Å². The number of nitrogens with zero attached hydrogens (tertiary/aromatic N) is 1. The van der Waals surface area contributed by atoms with Gasteiger partial charge >= 0.3 is 0 Å². The van der Waals surface area contributed by atoms with E-state index in [1.807, 2.05) is 30.3 Å². The quantitative estimate of drug-likeness (QED) is 0.446. The number of thiazole rings is 1. The van der Waals surface area contributed by atoms with Crippen LogP contribution < -0.4 is 16.4 Å². The summed E-state index contributed by atoms with van der Waals surface area (Å²) in [7, 11) is 0. The number of nitrogens with two attached hydrogens (primary N) is 1. The van der Waals surface area contributed by atoms with Crippen LogP contribution >= 0.6 is 11.3 Å². The van der Waals surface area contributed by atoms with Crippen LogP contribution in [0, 0.1) is 0 Å². The van der Waals surface area contributed by atoms with E-state index < -0.39 is 11.9 Å².